The monoisotopic (exact) mass is 456 g/mol. The topological polar surface area (TPSA) is 99.1 Å². The van der Waals surface area contributed by atoms with E-state index in [1.807, 2.05) is 14.1 Å². The zero-order chi connectivity index (χ0) is 23.4. The van der Waals surface area contributed by atoms with Crippen molar-refractivity contribution < 1.29 is 18.7 Å². The van der Waals surface area contributed by atoms with Crippen LogP contribution in [0.3, 0.4) is 0 Å². The van der Waals surface area contributed by atoms with Crippen molar-refractivity contribution in [3.8, 4) is 0 Å². The molecule has 4 rings (SSSR count). The van der Waals surface area contributed by atoms with Crippen LogP contribution in [0.15, 0.2) is 39.2 Å². The number of H-pyrrole nitrogens is 1. The van der Waals surface area contributed by atoms with Gasteiger partial charge in [-0.2, -0.15) is 0 Å². The number of rotatable bonds is 7. The fourth-order valence-electron chi connectivity index (χ4n) is 4.43. The zero-order valence-electron chi connectivity index (χ0n) is 19.3. The highest BCUT2D eigenvalue weighted by Gasteiger charge is 2.24. The fourth-order valence-corrected chi connectivity index (χ4v) is 4.43. The lowest BCUT2D eigenvalue weighted by Gasteiger charge is -2.34. The smallest absolute Gasteiger partial charge is 0.417 e. The lowest BCUT2D eigenvalue weighted by atomic mass is 9.92. The van der Waals surface area contributed by atoms with Crippen LogP contribution in [0.5, 0.6) is 0 Å². The van der Waals surface area contributed by atoms with Gasteiger partial charge in [-0.05, 0) is 43.4 Å². The first-order chi connectivity index (χ1) is 15.9. The number of benzene rings is 1. The molecule has 1 saturated heterocycles. The third kappa shape index (κ3) is 5.84. The lowest BCUT2D eigenvalue weighted by Crippen LogP contribution is -2.49. The number of ketones is 1. The van der Waals surface area contributed by atoms with Crippen molar-refractivity contribution in [1.82, 2.24) is 19.7 Å². The molecule has 1 aromatic carbocycles. The van der Waals surface area contributed by atoms with Crippen LogP contribution >= 0.6 is 0 Å². The summed E-state index contributed by atoms with van der Waals surface area (Å²) in [5.74, 6) is -0.150. The number of nitrogens with zero attached hydrogens (tertiary/aromatic N) is 3. The Morgan fingerprint density at radius 1 is 1.21 bits per heavy atom. The van der Waals surface area contributed by atoms with Crippen LogP contribution in [0.1, 0.15) is 36.0 Å². The maximum atomic E-state index is 12.6. The fraction of sp³-hybridized carbons (Fsp3) is 0.542. The van der Waals surface area contributed by atoms with Crippen LogP contribution in [-0.4, -0.2) is 85.0 Å². The number of aromatic nitrogens is 1. The minimum absolute atomic E-state index is 0.00112. The van der Waals surface area contributed by atoms with Gasteiger partial charge < -0.3 is 19.0 Å². The van der Waals surface area contributed by atoms with Gasteiger partial charge in [-0.15, -0.1) is 0 Å². The van der Waals surface area contributed by atoms with E-state index in [1.165, 1.54) is 5.70 Å². The van der Waals surface area contributed by atoms with Crippen molar-refractivity contribution in [1.29, 1.82) is 0 Å². The van der Waals surface area contributed by atoms with Gasteiger partial charge in [0.05, 0.1) is 12.1 Å². The van der Waals surface area contributed by atoms with Crippen LogP contribution in [0.25, 0.3) is 11.1 Å². The van der Waals surface area contributed by atoms with Crippen LogP contribution < -0.4 is 5.76 Å². The molecular weight excluding hydrogens is 424 g/mol. The molecule has 178 valence electrons. The van der Waals surface area contributed by atoms with E-state index in [0.717, 1.165) is 19.3 Å². The van der Waals surface area contributed by atoms with Gasteiger partial charge in [-0.25, -0.2) is 9.59 Å². The summed E-state index contributed by atoms with van der Waals surface area (Å²) in [6.45, 7) is 3.71. The van der Waals surface area contributed by atoms with E-state index in [-0.39, 0.29) is 11.9 Å². The second kappa shape index (κ2) is 10.2. The van der Waals surface area contributed by atoms with Gasteiger partial charge in [0.25, 0.3) is 0 Å². The summed E-state index contributed by atoms with van der Waals surface area (Å²) in [6.07, 6.45) is 5.42. The Balaban J connectivity index is 1.18. The number of amides is 1. The Kier molecular flexibility index (Phi) is 7.17. The average molecular weight is 457 g/mol. The predicted molar refractivity (Wildman–Crippen MR) is 124 cm³/mol. The highest BCUT2D eigenvalue weighted by atomic mass is 16.6. The maximum absolute atomic E-state index is 12.6. The van der Waals surface area contributed by atoms with Crippen molar-refractivity contribution in [3.05, 3.63) is 46.1 Å². The van der Waals surface area contributed by atoms with Crippen molar-refractivity contribution in [3.63, 3.8) is 0 Å². The molecule has 0 saturated carbocycles. The van der Waals surface area contributed by atoms with Gasteiger partial charge in [0, 0.05) is 64.5 Å². The van der Waals surface area contributed by atoms with Crippen molar-refractivity contribution in [2.24, 2.45) is 5.92 Å². The summed E-state index contributed by atoms with van der Waals surface area (Å²) < 4.78 is 10.6. The number of fused-ring (bicyclic) bond motifs is 1. The Hall–Kier alpha value is -3.07. The first-order valence-corrected chi connectivity index (χ1v) is 11.6. The van der Waals surface area contributed by atoms with E-state index in [0.29, 0.717) is 68.3 Å². The van der Waals surface area contributed by atoms with Crippen LogP contribution in [0.2, 0.25) is 0 Å². The third-order valence-electron chi connectivity index (χ3n) is 6.50. The van der Waals surface area contributed by atoms with E-state index in [2.05, 4.69) is 20.9 Å². The molecule has 9 nitrogen and oxygen atoms in total. The number of ether oxygens (including phenoxy) is 1. The summed E-state index contributed by atoms with van der Waals surface area (Å²) in [6, 6.07) is 4.99. The van der Waals surface area contributed by atoms with Crippen molar-refractivity contribution >= 4 is 23.0 Å². The first-order valence-electron chi connectivity index (χ1n) is 11.6. The molecule has 0 spiro atoms. The Bertz CT molecular complexity index is 1080. The van der Waals surface area contributed by atoms with Gasteiger partial charge >= 0.3 is 11.8 Å². The van der Waals surface area contributed by atoms with Crippen LogP contribution in [0, 0.1) is 5.92 Å². The normalized spacial score (nSPS) is 19.4. The molecule has 1 aliphatic heterocycles. The Morgan fingerprint density at radius 3 is 2.76 bits per heavy atom. The second-order valence-corrected chi connectivity index (χ2v) is 9.04. The molecule has 1 fully saturated rings. The SMILES string of the molecule is CN(C)C1=CCCC(COC(=O)N2CCN(CCC(=O)c3ccc4[nH]c(=O)oc4c3)CC2)C1. The largest absolute Gasteiger partial charge is 0.449 e. The number of Topliss-reactive ketones (excluding diaryl/α,β-unsaturated/α-hetero) is 1. The number of hydrogen-bond acceptors (Lipinski definition) is 7. The molecule has 2 aliphatic rings. The minimum Gasteiger partial charge on any atom is -0.449 e. The van der Waals surface area contributed by atoms with Crippen molar-refractivity contribution in [2.45, 2.75) is 25.7 Å². The first kappa shape index (κ1) is 23.1. The molecule has 1 aromatic heterocycles. The number of carbonyl (C=O) groups excluding carboxylic acids is 2. The number of carbonyl (C=O) groups is 2. The summed E-state index contributed by atoms with van der Waals surface area (Å²) in [7, 11) is 4.10. The zero-order valence-corrected chi connectivity index (χ0v) is 19.3. The highest BCUT2D eigenvalue weighted by Crippen LogP contribution is 2.25. The predicted octanol–water partition coefficient (Wildman–Crippen LogP) is 2.69. The quantitative estimate of drug-likeness (QED) is 0.640. The molecule has 2 heterocycles. The van der Waals surface area contributed by atoms with E-state index in [1.54, 1.807) is 23.1 Å². The van der Waals surface area contributed by atoms with E-state index in [9.17, 15) is 14.4 Å². The molecule has 33 heavy (non-hydrogen) atoms. The van der Waals surface area contributed by atoms with Gasteiger partial charge in [0.1, 0.15) is 0 Å². The number of aromatic amines is 1. The number of piperazine rings is 1. The minimum atomic E-state index is -0.528. The van der Waals surface area contributed by atoms with Gasteiger partial charge in [-0.1, -0.05) is 6.08 Å². The number of allylic oxidation sites excluding steroid dienone is 2. The molecule has 1 amide bonds. The Morgan fingerprint density at radius 2 is 2.00 bits per heavy atom. The van der Waals surface area contributed by atoms with Gasteiger partial charge in [0.2, 0.25) is 0 Å². The van der Waals surface area contributed by atoms with Gasteiger partial charge in [-0.3, -0.25) is 14.7 Å². The summed E-state index contributed by atoms with van der Waals surface area (Å²) in [4.78, 5) is 45.0. The highest BCUT2D eigenvalue weighted by molar-refractivity contribution is 5.98. The van der Waals surface area contributed by atoms with Crippen LogP contribution in [0.4, 0.5) is 4.79 Å². The van der Waals surface area contributed by atoms with E-state index in [4.69, 9.17) is 9.15 Å². The lowest BCUT2D eigenvalue weighted by molar-refractivity contribution is 0.0623. The summed E-state index contributed by atoms with van der Waals surface area (Å²) in [5, 5.41) is 0. The Labute approximate surface area is 193 Å². The molecule has 0 bridgehead atoms. The molecule has 1 atom stereocenters. The molecule has 9 heteroatoms. The molecule has 2 aromatic rings. The van der Waals surface area contributed by atoms with Crippen molar-refractivity contribution in [2.75, 3.05) is 53.4 Å². The average Bonchev–Trinajstić information content (AvgIpc) is 3.20. The number of oxazole rings is 1. The standard InChI is InChI=1S/C24H32N4O5/c1-26(2)19-5-3-4-17(14-19)16-32-24(31)28-12-10-27(11-13-28)9-8-21(29)18-6-7-20-22(15-18)33-23(30)25-20/h5-7,15,17H,3-4,8-14,16H2,1-2H3,(H,25,30). The number of nitrogens with one attached hydrogen (secondary N) is 1. The second-order valence-electron chi connectivity index (χ2n) is 9.04. The van der Waals surface area contributed by atoms with E-state index >= 15 is 0 Å². The summed E-state index contributed by atoms with van der Waals surface area (Å²) in [5.41, 5.74) is 2.81. The molecule has 1 N–H and O–H groups in total. The molecule has 1 unspecified atom stereocenters. The van der Waals surface area contributed by atoms with Crippen LogP contribution in [-0.2, 0) is 4.74 Å². The number of hydrogen-bond donors (Lipinski definition) is 1. The molecule has 0 radical (unpaired) electrons. The molecular formula is C24H32N4O5. The molecule has 1 aliphatic carbocycles. The van der Waals surface area contributed by atoms with Gasteiger partial charge in [0.15, 0.2) is 11.4 Å². The third-order valence-corrected chi connectivity index (χ3v) is 6.50. The maximum Gasteiger partial charge on any atom is 0.417 e. The summed E-state index contributed by atoms with van der Waals surface area (Å²) >= 11 is 0. The van der Waals surface area contributed by atoms with E-state index < -0.39 is 5.76 Å².